The second-order valence-electron chi connectivity index (χ2n) is 7.74. The van der Waals surface area contributed by atoms with Crippen molar-refractivity contribution in [3.05, 3.63) is 65.7 Å². The fourth-order valence-electron chi connectivity index (χ4n) is 4.61. The lowest BCUT2D eigenvalue weighted by Gasteiger charge is -2.38. The zero-order chi connectivity index (χ0) is 17.6. The predicted octanol–water partition coefficient (Wildman–Crippen LogP) is 5.28. The second-order valence-corrected chi connectivity index (χ2v) is 7.74. The molecule has 1 saturated heterocycles. The summed E-state index contributed by atoms with van der Waals surface area (Å²) in [5.74, 6) is 0.830. The highest BCUT2D eigenvalue weighted by Gasteiger charge is 2.31. The summed E-state index contributed by atoms with van der Waals surface area (Å²) < 4.78 is 0. The van der Waals surface area contributed by atoms with E-state index in [0.29, 0.717) is 6.04 Å². The molecule has 0 amide bonds. The highest BCUT2D eigenvalue weighted by Crippen LogP contribution is 2.39. The van der Waals surface area contributed by atoms with Crippen LogP contribution in [0.25, 0.3) is 0 Å². The highest BCUT2D eigenvalue weighted by molar-refractivity contribution is 5.85. The van der Waals surface area contributed by atoms with E-state index in [4.69, 9.17) is 0 Å². The van der Waals surface area contributed by atoms with Crippen molar-refractivity contribution in [2.24, 2.45) is 5.92 Å². The van der Waals surface area contributed by atoms with Gasteiger partial charge in [-0.25, -0.2) is 0 Å². The summed E-state index contributed by atoms with van der Waals surface area (Å²) >= 11 is 0. The SMILES string of the molecule is Cl.Cl.c1ccc(CNc2ccc([C@H](C3CCCC3)N3CCNCC3)cc2)cc1. The lowest BCUT2D eigenvalue weighted by molar-refractivity contribution is 0.125. The molecule has 0 aromatic heterocycles. The van der Waals surface area contributed by atoms with Crippen LogP contribution in [0.3, 0.4) is 0 Å². The Bertz CT molecular complexity index is 666. The van der Waals surface area contributed by atoms with Crippen LogP contribution in [0.2, 0.25) is 0 Å². The van der Waals surface area contributed by atoms with E-state index >= 15 is 0 Å². The number of piperazine rings is 1. The Balaban J connectivity index is 0.00000140. The average molecular weight is 422 g/mol. The molecule has 1 atom stereocenters. The van der Waals surface area contributed by atoms with Crippen LogP contribution in [0.5, 0.6) is 0 Å². The first-order valence-corrected chi connectivity index (χ1v) is 10.2. The van der Waals surface area contributed by atoms with Crippen LogP contribution in [0, 0.1) is 5.92 Å². The smallest absolute Gasteiger partial charge is 0.0400 e. The maximum absolute atomic E-state index is 3.55. The largest absolute Gasteiger partial charge is 0.381 e. The van der Waals surface area contributed by atoms with E-state index in [1.807, 2.05) is 0 Å². The highest BCUT2D eigenvalue weighted by atomic mass is 35.5. The van der Waals surface area contributed by atoms with Crippen molar-refractivity contribution in [3.8, 4) is 0 Å². The zero-order valence-corrected chi connectivity index (χ0v) is 18.1. The minimum Gasteiger partial charge on any atom is -0.381 e. The van der Waals surface area contributed by atoms with Crippen LogP contribution < -0.4 is 10.6 Å². The van der Waals surface area contributed by atoms with Crippen LogP contribution in [-0.2, 0) is 6.54 Å². The van der Waals surface area contributed by atoms with Gasteiger partial charge in [-0.15, -0.1) is 24.8 Å². The molecule has 0 bridgehead atoms. The molecule has 0 unspecified atom stereocenters. The standard InChI is InChI=1S/C23H31N3.2ClH/c1-2-6-19(7-3-1)18-25-22-12-10-21(11-13-22)23(20-8-4-5-9-20)26-16-14-24-15-17-26;;/h1-3,6-7,10-13,20,23-25H,4-5,8-9,14-18H2;2*1H/t23-;;/m0../s1. The van der Waals surface area contributed by atoms with Gasteiger partial charge in [-0.05, 0) is 42.0 Å². The zero-order valence-electron chi connectivity index (χ0n) is 16.5. The molecular weight excluding hydrogens is 389 g/mol. The van der Waals surface area contributed by atoms with Crippen molar-refractivity contribution in [3.63, 3.8) is 0 Å². The van der Waals surface area contributed by atoms with Crippen molar-refractivity contribution in [2.75, 3.05) is 31.5 Å². The number of halogens is 2. The summed E-state index contributed by atoms with van der Waals surface area (Å²) in [5.41, 5.74) is 4.04. The topological polar surface area (TPSA) is 27.3 Å². The summed E-state index contributed by atoms with van der Waals surface area (Å²) in [6, 6.07) is 20.4. The first kappa shape index (κ1) is 23.0. The van der Waals surface area contributed by atoms with E-state index in [1.165, 1.54) is 55.6 Å². The number of anilines is 1. The van der Waals surface area contributed by atoms with E-state index in [2.05, 4.69) is 70.1 Å². The van der Waals surface area contributed by atoms with E-state index < -0.39 is 0 Å². The van der Waals surface area contributed by atoms with Crippen molar-refractivity contribution >= 4 is 30.5 Å². The van der Waals surface area contributed by atoms with Gasteiger partial charge in [0.2, 0.25) is 0 Å². The number of hydrogen-bond acceptors (Lipinski definition) is 3. The Kier molecular flexibility index (Phi) is 9.60. The summed E-state index contributed by atoms with van der Waals surface area (Å²) in [4.78, 5) is 2.72. The summed E-state index contributed by atoms with van der Waals surface area (Å²) in [5, 5.41) is 7.05. The molecule has 3 nitrogen and oxygen atoms in total. The lowest BCUT2D eigenvalue weighted by atomic mass is 9.89. The van der Waals surface area contributed by atoms with E-state index in [0.717, 1.165) is 25.6 Å². The third-order valence-electron chi connectivity index (χ3n) is 5.98. The molecule has 5 heteroatoms. The van der Waals surface area contributed by atoms with Gasteiger partial charge in [0.05, 0.1) is 0 Å². The molecule has 1 aliphatic heterocycles. The summed E-state index contributed by atoms with van der Waals surface area (Å²) in [6.07, 6.45) is 5.60. The molecule has 2 aliphatic rings. The fourth-order valence-corrected chi connectivity index (χ4v) is 4.61. The fraction of sp³-hybridized carbons (Fsp3) is 0.478. The van der Waals surface area contributed by atoms with Crippen molar-refractivity contribution < 1.29 is 0 Å². The maximum Gasteiger partial charge on any atom is 0.0400 e. The minimum atomic E-state index is 0. The average Bonchev–Trinajstić information content (AvgIpc) is 3.23. The third-order valence-corrected chi connectivity index (χ3v) is 5.98. The van der Waals surface area contributed by atoms with Gasteiger partial charge in [0.25, 0.3) is 0 Å². The molecule has 154 valence electrons. The maximum atomic E-state index is 3.55. The van der Waals surface area contributed by atoms with Gasteiger partial charge in [-0.2, -0.15) is 0 Å². The quantitative estimate of drug-likeness (QED) is 0.663. The molecule has 1 heterocycles. The van der Waals surface area contributed by atoms with Crippen molar-refractivity contribution in [1.29, 1.82) is 0 Å². The van der Waals surface area contributed by atoms with Gasteiger partial charge in [0.1, 0.15) is 0 Å². The molecule has 2 aromatic carbocycles. The molecule has 2 aromatic rings. The van der Waals surface area contributed by atoms with E-state index in [9.17, 15) is 0 Å². The molecule has 1 aliphatic carbocycles. The second kappa shape index (κ2) is 11.7. The molecular formula is C23H33Cl2N3. The monoisotopic (exact) mass is 421 g/mol. The minimum absolute atomic E-state index is 0. The van der Waals surface area contributed by atoms with Crippen LogP contribution >= 0.6 is 24.8 Å². The van der Waals surface area contributed by atoms with Gasteiger partial charge in [-0.1, -0.05) is 55.3 Å². The molecule has 1 saturated carbocycles. The molecule has 2 N–H and O–H groups in total. The molecule has 2 fully saturated rings. The van der Waals surface area contributed by atoms with Crippen LogP contribution in [0.4, 0.5) is 5.69 Å². The number of nitrogens with one attached hydrogen (secondary N) is 2. The van der Waals surface area contributed by atoms with Crippen molar-refractivity contribution in [2.45, 2.75) is 38.3 Å². The number of hydrogen-bond donors (Lipinski definition) is 2. The predicted molar refractivity (Wildman–Crippen MR) is 124 cm³/mol. The third kappa shape index (κ3) is 5.87. The van der Waals surface area contributed by atoms with Crippen LogP contribution in [-0.4, -0.2) is 31.1 Å². The number of benzene rings is 2. The molecule has 28 heavy (non-hydrogen) atoms. The van der Waals surface area contributed by atoms with Gasteiger partial charge in [0.15, 0.2) is 0 Å². The Labute approximate surface area is 182 Å². The molecule has 4 rings (SSSR count). The van der Waals surface area contributed by atoms with Gasteiger partial charge < -0.3 is 10.6 Å². The lowest BCUT2D eigenvalue weighted by Crippen LogP contribution is -2.46. The Morgan fingerprint density at radius 3 is 2.18 bits per heavy atom. The van der Waals surface area contributed by atoms with Crippen molar-refractivity contribution in [1.82, 2.24) is 10.2 Å². The van der Waals surface area contributed by atoms with Crippen LogP contribution in [0.15, 0.2) is 54.6 Å². The molecule has 0 radical (unpaired) electrons. The van der Waals surface area contributed by atoms with E-state index in [1.54, 1.807) is 0 Å². The summed E-state index contributed by atoms with van der Waals surface area (Å²) in [6.45, 7) is 5.48. The normalized spacial score (nSPS) is 18.7. The Morgan fingerprint density at radius 2 is 1.54 bits per heavy atom. The molecule has 0 spiro atoms. The Hall–Kier alpha value is -1.26. The van der Waals surface area contributed by atoms with Gasteiger partial charge in [-0.3, -0.25) is 4.90 Å². The first-order chi connectivity index (χ1) is 12.9. The first-order valence-electron chi connectivity index (χ1n) is 10.2. The number of rotatable bonds is 6. The van der Waals surface area contributed by atoms with Gasteiger partial charge >= 0.3 is 0 Å². The van der Waals surface area contributed by atoms with Gasteiger partial charge in [0, 0.05) is 44.5 Å². The number of nitrogens with zero attached hydrogens (tertiary/aromatic N) is 1. The Morgan fingerprint density at radius 1 is 0.893 bits per heavy atom. The van der Waals surface area contributed by atoms with Crippen LogP contribution in [0.1, 0.15) is 42.9 Å². The van der Waals surface area contributed by atoms with E-state index in [-0.39, 0.29) is 24.8 Å². The summed E-state index contributed by atoms with van der Waals surface area (Å²) in [7, 11) is 0.